The summed E-state index contributed by atoms with van der Waals surface area (Å²) in [6.45, 7) is 3.75. The summed E-state index contributed by atoms with van der Waals surface area (Å²) in [4.78, 5) is 27.7. The van der Waals surface area contributed by atoms with Crippen molar-refractivity contribution in [3.05, 3.63) is 29.8 Å². The van der Waals surface area contributed by atoms with Crippen LogP contribution in [0.5, 0.6) is 0 Å². The van der Waals surface area contributed by atoms with E-state index in [0.29, 0.717) is 5.92 Å². The predicted molar refractivity (Wildman–Crippen MR) is 77.2 cm³/mol. The number of imide groups is 1. The Morgan fingerprint density at radius 3 is 2.41 bits per heavy atom. The van der Waals surface area contributed by atoms with Gasteiger partial charge in [0.05, 0.1) is 18.2 Å². The van der Waals surface area contributed by atoms with Crippen LogP contribution in [0.3, 0.4) is 0 Å². The lowest BCUT2D eigenvalue weighted by molar-refractivity contribution is -0.123. The van der Waals surface area contributed by atoms with E-state index in [9.17, 15) is 18.4 Å². The fourth-order valence-electron chi connectivity index (χ4n) is 3.14. The quantitative estimate of drug-likeness (QED) is 0.787. The van der Waals surface area contributed by atoms with Crippen molar-refractivity contribution in [3.63, 3.8) is 0 Å². The third kappa shape index (κ3) is 2.63. The zero-order valence-electron chi connectivity index (χ0n) is 12.4. The number of carbonyl (C=O) groups is 2. The van der Waals surface area contributed by atoms with Crippen molar-refractivity contribution in [2.75, 3.05) is 18.0 Å². The summed E-state index contributed by atoms with van der Waals surface area (Å²) < 4.78 is 26.4. The molecule has 0 spiro atoms. The minimum Gasteiger partial charge on any atom is -0.292 e. The number of halogens is 2. The lowest BCUT2D eigenvalue weighted by atomic mass is 9.97. The van der Waals surface area contributed by atoms with Crippen LogP contribution in [0.15, 0.2) is 18.2 Å². The van der Waals surface area contributed by atoms with Crippen molar-refractivity contribution >= 4 is 17.5 Å². The van der Waals surface area contributed by atoms with Crippen molar-refractivity contribution in [3.8, 4) is 0 Å². The molecule has 2 amide bonds. The largest absolute Gasteiger partial charge is 0.292 e. The normalized spacial score (nSPS) is 24.3. The van der Waals surface area contributed by atoms with Gasteiger partial charge >= 0.3 is 0 Å². The van der Waals surface area contributed by atoms with Crippen LogP contribution in [0.4, 0.5) is 14.5 Å². The van der Waals surface area contributed by atoms with E-state index < -0.39 is 17.7 Å². The number of hydrogen-bond acceptors (Lipinski definition) is 3. The molecule has 1 atom stereocenters. The van der Waals surface area contributed by atoms with Gasteiger partial charge in [-0.3, -0.25) is 14.5 Å². The van der Waals surface area contributed by atoms with Crippen LogP contribution in [0, 0.1) is 17.6 Å². The number of benzene rings is 1. The highest BCUT2D eigenvalue weighted by Gasteiger charge is 2.43. The Morgan fingerprint density at radius 2 is 1.77 bits per heavy atom. The van der Waals surface area contributed by atoms with E-state index in [-0.39, 0.29) is 23.9 Å². The first kappa shape index (κ1) is 15.1. The maximum absolute atomic E-state index is 13.3. The number of amides is 2. The summed E-state index contributed by atoms with van der Waals surface area (Å²) >= 11 is 0. The third-order valence-corrected chi connectivity index (χ3v) is 4.54. The van der Waals surface area contributed by atoms with Gasteiger partial charge < -0.3 is 0 Å². The SMILES string of the molecule is CC1CCN([C@@H]2CC(=O)N(c3ccc(F)c(F)c3)C2=O)CC1. The van der Waals surface area contributed by atoms with E-state index in [0.717, 1.165) is 43.0 Å². The second kappa shape index (κ2) is 5.76. The van der Waals surface area contributed by atoms with Gasteiger partial charge in [0.2, 0.25) is 5.91 Å². The van der Waals surface area contributed by atoms with Gasteiger partial charge in [-0.1, -0.05) is 6.92 Å². The number of hydrogen-bond donors (Lipinski definition) is 0. The summed E-state index contributed by atoms with van der Waals surface area (Å²) in [5.74, 6) is -2.13. The van der Waals surface area contributed by atoms with Crippen LogP contribution in [0.1, 0.15) is 26.2 Å². The molecule has 118 valence electrons. The molecule has 0 bridgehead atoms. The van der Waals surface area contributed by atoms with Crippen molar-refractivity contribution in [1.82, 2.24) is 4.90 Å². The van der Waals surface area contributed by atoms with Gasteiger partial charge in [0.1, 0.15) is 0 Å². The molecule has 0 saturated carbocycles. The Hall–Kier alpha value is -1.82. The number of anilines is 1. The molecule has 1 aromatic carbocycles. The predicted octanol–water partition coefficient (Wildman–Crippen LogP) is 2.33. The zero-order valence-corrected chi connectivity index (χ0v) is 12.4. The number of piperidine rings is 1. The maximum atomic E-state index is 13.3. The smallest absolute Gasteiger partial charge is 0.251 e. The molecule has 2 saturated heterocycles. The van der Waals surface area contributed by atoms with Crippen LogP contribution in [0.2, 0.25) is 0 Å². The van der Waals surface area contributed by atoms with E-state index in [1.165, 1.54) is 6.07 Å². The third-order valence-electron chi connectivity index (χ3n) is 4.54. The summed E-state index contributed by atoms with van der Waals surface area (Å²) in [5, 5.41) is 0. The summed E-state index contributed by atoms with van der Waals surface area (Å²) in [7, 11) is 0. The van der Waals surface area contributed by atoms with Crippen LogP contribution in [-0.2, 0) is 9.59 Å². The summed E-state index contributed by atoms with van der Waals surface area (Å²) in [6.07, 6.45) is 2.11. The van der Waals surface area contributed by atoms with Gasteiger partial charge in [-0.2, -0.15) is 0 Å². The molecule has 22 heavy (non-hydrogen) atoms. The minimum atomic E-state index is -1.06. The van der Waals surface area contributed by atoms with E-state index in [2.05, 4.69) is 6.92 Å². The second-order valence-electron chi connectivity index (χ2n) is 6.10. The summed E-state index contributed by atoms with van der Waals surface area (Å²) in [6, 6.07) is 2.61. The van der Waals surface area contributed by atoms with Gasteiger partial charge in [0.25, 0.3) is 5.91 Å². The van der Waals surface area contributed by atoms with Crippen molar-refractivity contribution in [1.29, 1.82) is 0 Å². The Kier molecular flexibility index (Phi) is 3.95. The molecule has 4 nitrogen and oxygen atoms in total. The van der Waals surface area contributed by atoms with Gasteiger partial charge in [0, 0.05) is 6.07 Å². The monoisotopic (exact) mass is 308 g/mol. The molecule has 0 unspecified atom stereocenters. The number of rotatable bonds is 2. The fourth-order valence-corrected chi connectivity index (χ4v) is 3.14. The molecule has 0 N–H and O–H groups in total. The van der Waals surface area contributed by atoms with Crippen LogP contribution in [0.25, 0.3) is 0 Å². The molecule has 0 radical (unpaired) electrons. The molecular weight excluding hydrogens is 290 g/mol. The molecule has 0 aromatic heterocycles. The highest BCUT2D eigenvalue weighted by Crippen LogP contribution is 2.29. The van der Waals surface area contributed by atoms with Crippen LogP contribution in [-0.4, -0.2) is 35.8 Å². The average molecular weight is 308 g/mol. The lowest BCUT2D eigenvalue weighted by Gasteiger charge is -2.33. The number of carbonyl (C=O) groups excluding carboxylic acids is 2. The van der Waals surface area contributed by atoms with E-state index in [4.69, 9.17) is 0 Å². The average Bonchev–Trinajstić information content (AvgIpc) is 2.78. The Bertz CT molecular complexity index is 612. The van der Waals surface area contributed by atoms with Gasteiger partial charge in [0.15, 0.2) is 11.6 Å². The number of nitrogens with zero attached hydrogens (tertiary/aromatic N) is 2. The first-order valence-corrected chi connectivity index (χ1v) is 7.53. The molecule has 2 fully saturated rings. The molecular formula is C16H18F2N2O2. The lowest BCUT2D eigenvalue weighted by Crippen LogP contribution is -2.45. The zero-order chi connectivity index (χ0) is 15.9. The fraction of sp³-hybridized carbons (Fsp3) is 0.500. The molecule has 3 rings (SSSR count). The van der Waals surface area contributed by atoms with Crippen molar-refractivity contribution < 1.29 is 18.4 Å². The molecule has 2 heterocycles. The molecule has 2 aliphatic rings. The maximum Gasteiger partial charge on any atom is 0.251 e. The Labute approximate surface area is 127 Å². The van der Waals surface area contributed by atoms with E-state index in [1.54, 1.807) is 0 Å². The van der Waals surface area contributed by atoms with E-state index >= 15 is 0 Å². The molecule has 0 aliphatic carbocycles. The minimum absolute atomic E-state index is 0.0989. The topological polar surface area (TPSA) is 40.6 Å². The molecule has 2 aliphatic heterocycles. The Morgan fingerprint density at radius 1 is 1.09 bits per heavy atom. The highest BCUT2D eigenvalue weighted by atomic mass is 19.2. The van der Waals surface area contributed by atoms with Crippen molar-refractivity contribution in [2.24, 2.45) is 5.92 Å². The summed E-state index contributed by atoms with van der Waals surface area (Å²) in [5.41, 5.74) is 0.0989. The van der Waals surface area contributed by atoms with Crippen molar-refractivity contribution in [2.45, 2.75) is 32.2 Å². The first-order chi connectivity index (χ1) is 10.5. The highest BCUT2D eigenvalue weighted by molar-refractivity contribution is 6.22. The van der Waals surface area contributed by atoms with Gasteiger partial charge in [-0.15, -0.1) is 0 Å². The standard InChI is InChI=1S/C16H18F2N2O2/c1-10-4-6-19(7-5-10)14-9-15(21)20(16(14)22)11-2-3-12(17)13(18)8-11/h2-3,8,10,14H,4-7,9H2,1H3/t14-/m1/s1. The van der Waals surface area contributed by atoms with Crippen LogP contribution >= 0.6 is 0 Å². The Balaban J connectivity index is 1.80. The van der Waals surface area contributed by atoms with Gasteiger partial charge in [-0.05, 0) is 44.0 Å². The van der Waals surface area contributed by atoms with Gasteiger partial charge in [-0.25, -0.2) is 13.7 Å². The molecule has 1 aromatic rings. The second-order valence-corrected chi connectivity index (χ2v) is 6.10. The number of likely N-dealkylation sites (tertiary alicyclic amines) is 1. The van der Waals surface area contributed by atoms with Crippen LogP contribution < -0.4 is 4.90 Å². The molecule has 6 heteroatoms. The van der Waals surface area contributed by atoms with E-state index in [1.807, 2.05) is 4.90 Å². The first-order valence-electron chi connectivity index (χ1n) is 7.53.